The van der Waals surface area contributed by atoms with Gasteiger partial charge in [-0.05, 0) is 29.3 Å². The van der Waals surface area contributed by atoms with Crippen molar-refractivity contribution in [2.24, 2.45) is 0 Å². The van der Waals surface area contributed by atoms with Crippen molar-refractivity contribution < 1.29 is 23.1 Å². The monoisotopic (exact) mass is 293 g/mol. The molecule has 1 rings (SSSR count). The SMILES string of the molecule is COC(=O)C(C)S(=O)(=O)NCC(O)c1ccsc1. The van der Waals surface area contributed by atoms with Crippen molar-refractivity contribution in [2.75, 3.05) is 13.7 Å². The van der Waals surface area contributed by atoms with Crippen molar-refractivity contribution in [2.45, 2.75) is 18.3 Å². The van der Waals surface area contributed by atoms with Crippen molar-refractivity contribution in [3.8, 4) is 0 Å². The van der Waals surface area contributed by atoms with Gasteiger partial charge in [0, 0.05) is 6.54 Å². The smallest absolute Gasteiger partial charge is 0.325 e. The fourth-order valence-corrected chi connectivity index (χ4v) is 2.89. The van der Waals surface area contributed by atoms with E-state index in [-0.39, 0.29) is 6.54 Å². The third-order valence-electron chi connectivity index (χ3n) is 2.40. The third-order valence-corrected chi connectivity index (χ3v) is 4.80. The Hall–Kier alpha value is -0.960. The highest BCUT2D eigenvalue weighted by Crippen LogP contribution is 2.15. The second-order valence-electron chi connectivity index (χ2n) is 3.63. The molecule has 0 spiro atoms. The number of carbonyl (C=O) groups is 1. The topological polar surface area (TPSA) is 92.7 Å². The minimum Gasteiger partial charge on any atom is -0.468 e. The average molecular weight is 293 g/mol. The summed E-state index contributed by atoms with van der Waals surface area (Å²) in [7, 11) is -2.72. The summed E-state index contributed by atoms with van der Waals surface area (Å²) in [5, 5.41) is 11.9. The molecule has 0 saturated carbocycles. The van der Waals surface area contributed by atoms with Gasteiger partial charge in [0.2, 0.25) is 10.0 Å². The number of thiophene rings is 1. The van der Waals surface area contributed by atoms with Crippen LogP contribution < -0.4 is 4.72 Å². The van der Waals surface area contributed by atoms with E-state index in [0.29, 0.717) is 5.56 Å². The first kappa shape index (κ1) is 15.1. The maximum atomic E-state index is 11.7. The van der Waals surface area contributed by atoms with Gasteiger partial charge in [0.25, 0.3) is 0 Å². The van der Waals surface area contributed by atoms with Gasteiger partial charge in [0.05, 0.1) is 13.2 Å². The summed E-state index contributed by atoms with van der Waals surface area (Å²) in [6, 6.07) is 1.70. The highest BCUT2D eigenvalue weighted by Gasteiger charge is 2.29. The lowest BCUT2D eigenvalue weighted by atomic mass is 10.2. The van der Waals surface area contributed by atoms with E-state index in [0.717, 1.165) is 7.11 Å². The molecule has 2 N–H and O–H groups in total. The molecule has 1 aromatic rings. The summed E-state index contributed by atoms with van der Waals surface area (Å²) in [5.41, 5.74) is 0.633. The summed E-state index contributed by atoms with van der Waals surface area (Å²) in [4.78, 5) is 11.1. The van der Waals surface area contributed by atoms with E-state index in [4.69, 9.17) is 0 Å². The average Bonchev–Trinajstić information content (AvgIpc) is 2.87. The quantitative estimate of drug-likeness (QED) is 0.734. The summed E-state index contributed by atoms with van der Waals surface area (Å²) in [6.45, 7) is 1.05. The van der Waals surface area contributed by atoms with Crippen LogP contribution in [-0.2, 0) is 19.6 Å². The highest BCUT2D eigenvalue weighted by molar-refractivity contribution is 7.90. The lowest BCUT2D eigenvalue weighted by Crippen LogP contribution is -2.39. The zero-order valence-electron chi connectivity index (χ0n) is 9.99. The van der Waals surface area contributed by atoms with Crippen LogP contribution in [0, 0.1) is 0 Å². The van der Waals surface area contributed by atoms with Crippen molar-refractivity contribution in [1.29, 1.82) is 0 Å². The molecule has 8 heteroatoms. The lowest BCUT2D eigenvalue weighted by Gasteiger charge is -2.14. The molecule has 0 amide bonds. The van der Waals surface area contributed by atoms with Crippen molar-refractivity contribution in [3.63, 3.8) is 0 Å². The van der Waals surface area contributed by atoms with Crippen LogP contribution in [0.4, 0.5) is 0 Å². The third kappa shape index (κ3) is 3.77. The minimum absolute atomic E-state index is 0.180. The van der Waals surface area contributed by atoms with Crippen molar-refractivity contribution >= 4 is 27.3 Å². The van der Waals surface area contributed by atoms with Crippen LogP contribution >= 0.6 is 11.3 Å². The molecule has 0 aliphatic carbocycles. The van der Waals surface area contributed by atoms with Gasteiger partial charge in [-0.15, -0.1) is 0 Å². The molecule has 0 aliphatic heterocycles. The Morgan fingerprint density at radius 1 is 1.61 bits per heavy atom. The van der Waals surface area contributed by atoms with Gasteiger partial charge in [-0.1, -0.05) is 0 Å². The number of aliphatic hydroxyl groups is 1. The summed E-state index contributed by atoms with van der Waals surface area (Å²) < 4.78 is 29.9. The van der Waals surface area contributed by atoms with Crippen LogP contribution in [0.25, 0.3) is 0 Å². The van der Waals surface area contributed by atoms with Gasteiger partial charge in [-0.25, -0.2) is 13.1 Å². The molecule has 18 heavy (non-hydrogen) atoms. The minimum atomic E-state index is -3.84. The number of esters is 1. The Kier molecular flexibility index (Phi) is 5.27. The van der Waals surface area contributed by atoms with Crippen LogP contribution in [0.5, 0.6) is 0 Å². The van der Waals surface area contributed by atoms with Crippen molar-refractivity contribution in [1.82, 2.24) is 4.72 Å². The Balaban J connectivity index is 2.59. The predicted molar refractivity (Wildman–Crippen MR) is 67.7 cm³/mol. The Morgan fingerprint density at radius 2 is 2.28 bits per heavy atom. The van der Waals surface area contributed by atoms with Crippen LogP contribution in [0.3, 0.4) is 0 Å². The number of nitrogens with one attached hydrogen (secondary N) is 1. The van der Waals surface area contributed by atoms with E-state index >= 15 is 0 Å². The molecule has 0 radical (unpaired) electrons. The molecular weight excluding hydrogens is 278 g/mol. The van der Waals surface area contributed by atoms with Gasteiger partial charge in [-0.2, -0.15) is 11.3 Å². The second-order valence-corrected chi connectivity index (χ2v) is 6.50. The summed E-state index contributed by atoms with van der Waals surface area (Å²) >= 11 is 1.40. The normalized spacial score (nSPS) is 15.1. The van der Waals surface area contributed by atoms with Crippen LogP contribution in [0.15, 0.2) is 16.8 Å². The number of hydrogen-bond acceptors (Lipinski definition) is 6. The predicted octanol–water partition coefficient (Wildman–Crippen LogP) is 0.262. The second kappa shape index (κ2) is 6.28. The number of aliphatic hydroxyl groups excluding tert-OH is 1. The van der Waals surface area contributed by atoms with E-state index in [1.165, 1.54) is 18.3 Å². The maximum absolute atomic E-state index is 11.7. The molecule has 102 valence electrons. The zero-order chi connectivity index (χ0) is 13.8. The molecule has 0 aromatic carbocycles. The number of ether oxygens (including phenoxy) is 1. The van der Waals surface area contributed by atoms with E-state index < -0.39 is 27.3 Å². The molecule has 6 nitrogen and oxygen atoms in total. The van der Waals surface area contributed by atoms with Crippen molar-refractivity contribution in [3.05, 3.63) is 22.4 Å². The van der Waals surface area contributed by atoms with Crippen LogP contribution in [-0.4, -0.2) is 38.4 Å². The first-order valence-corrected chi connectivity index (χ1v) is 7.64. The first-order valence-electron chi connectivity index (χ1n) is 5.15. The Bertz CT molecular complexity index is 482. The number of methoxy groups -OCH3 is 1. The number of carbonyl (C=O) groups excluding carboxylic acids is 1. The van der Waals surface area contributed by atoms with E-state index in [1.54, 1.807) is 16.8 Å². The molecule has 1 heterocycles. The standard InChI is InChI=1S/C10H15NO5S2/c1-7(10(13)16-2)18(14,15)11-5-9(12)8-3-4-17-6-8/h3-4,6-7,9,11-12H,5H2,1-2H3. The molecule has 0 bridgehead atoms. The first-order chi connectivity index (χ1) is 8.38. The molecule has 2 atom stereocenters. The van der Waals surface area contributed by atoms with Gasteiger partial charge in [0.1, 0.15) is 0 Å². The fourth-order valence-electron chi connectivity index (χ4n) is 1.20. The number of rotatable bonds is 6. The zero-order valence-corrected chi connectivity index (χ0v) is 11.6. The van der Waals surface area contributed by atoms with Crippen LogP contribution in [0.1, 0.15) is 18.6 Å². The molecule has 0 aliphatic rings. The largest absolute Gasteiger partial charge is 0.468 e. The van der Waals surface area contributed by atoms with Gasteiger partial charge in [0.15, 0.2) is 5.25 Å². The number of sulfonamides is 1. The molecule has 1 aromatic heterocycles. The van der Waals surface area contributed by atoms with E-state index in [9.17, 15) is 18.3 Å². The molecule has 2 unspecified atom stereocenters. The van der Waals surface area contributed by atoms with E-state index in [1.807, 2.05) is 0 Å². The molecule has 0 saturated heterocycles. The van der Waals surface area contributed by atoms with E-state index in [2.05, 4.69) is 9.46 Å². The summed E-state index contributed by atoms with van der Waals surface area (Å²) in [6.07, 6.45) is -0.934. The number of hydrogen-bond donors (Lipinski definition) is 2. The molecule has 0 fully saturated rings. The Labute approximate surface area is 110 Å². The molecular formula is C10H15NO5S2. The Morgan fingerprint density at radius 3 is 2.78 bits per heavy atom. The van der Waals surface area contributed by atoms with Gasteiger partial charge >= 0.3 is 5.97 Å². The maximum Gasteiger partial charge on any atom is 0.325 e. The fraction of sp³-hybridized carbons (Fsp3) is 0.500. The van der Waals surface area contributed by atoms with Gasteiger partial charge in [-0.3, -0.25) is 4.79 Å². The summed E-state index contributed by atoms with van der Waals surface area (Å²) in [5.74, 6) is -0.840. The van der Waals surface area contributed by atoms with Crippen LogP contribution in [0.2, 0.25) is 0 Å². The van der Waals surface area contributed by atoms with Gasteiger partial charge < -0.3 is 9.84 Å². The lowest BCUT2D eigenvalue weighted by molar-refractivity contribution is -0.139. The highest BCUT2D eigenvalue weighted by atomic mass is 32.2.